The molecule has 0 heterocycles. The third-order valence-corrected chi connectivity index (χ3v) is 3.09. The molecule has 0 saturated heterocycles. The van der Waals surface area contributed by atoms with Gasteiger partial charge in [-0.3, -0.25) is 10.0 Å². The zero-order valence-corrected chi connectivity index (χ0v) is 12.2. The first-order chi connectivity index (χ1) is 9.49. The number of anilines is 2. The molecule has 1 N–H and O–H groups in total. The first-order valence-electron chi connectivity index (χ1n) is 6.36. The lowest BCUT2D eigenvalue weighted by Crippen LogP contribution is -2.24. The highest BCUT2D eigenvalue weighted by atomic mass is 16.5. The molecule has 0 bridgehead atoms. The third-order valence-electron chi connectivity index (χ3n) is 3.09. The minimum atomic E-state index is -0.145. The molecule has 1 aromatic carbocycles. The molecule has 0 amide bonds. The Morgan fingerprint density at radius 1 is 1.35 bits per heavy atom. The number of Topliss-reactive ketones (excluding diaryl/α,β-unsaturated/α-hetero) is 1. The summed E-state index contributed by atoms with van der Waals surface area (Å²) in [5.41, 5.74) is 1.25. The standard InChI is InChI=1S/C14H19N3O3/c1-5-16(6-2)12-7-11(10(3)18)8-13(14(12)20-4)17(19)9-15/h7-8,19H,5-6H2,1-4H3. The summed E-state index contributed by atoms with van der Waals surface area (Å²) in [5.74, 6) is 0.219. The summed E-state index contributed by atoms with van der Waals surface area (Å²) in [4.78, 5) is 13.6. The fraction of sp³-hybridized carbons (Fsp3) is 0.429. The topological polar surface area (TPSA) is 76.8 Å². The van der Waals surface area contributed by atoms with Gasteiger partial charge in [-0.25, -0.2) is 0 Å². The number of benzene rings is 1. The number of ketones is 1. The Kier molecular flexibility index (Phi) is 5.35. The van der Waals surface area contributed by atoms with E-state index in [1.807, 2.05) is 18.7 Å². The van der Waals surface area contributed by atoms with Gasteiger partial charge in [-0.05, 0) is 32.9 Å². The van der Waals surface area contributed by atoms with Crippen molar-refractivity contribution in [3.05, 3.63) is 17.7 Å². The lowest BCUT2D eigenvalue weighted by Gasteiger charge is -2.26. The molecule has 6 heteroatoms. The lowest BCUT2D eigenvalue weighted by atomic mass is 10.1. The van der Waals surface area contributed by atoms with Crippen molar-refractivity contribution in [1.82, 2.24) is 0 Å². The van der Waals surface area contributed by atoms with E-state index in [0.717, 1.165) is 0 Å². The normalized spacial score (nSPS) is 9.80. The number of hydroxylamine groups is 1. The second kappa shape index (κ2) is 6.78. The fourth-order valence-electron chi connectivity index (χ4n) is 2.02. The van der Waals surface area contributed by atoms with Crippen LogP contribution in [-0.2, 0) is 0 Å². The van der Waals surface area contributed by atoms with Crippen LogP contribution >= 0.6 is 0 Å². The Balaban J connectivity index is 3.59. The SMILES string of the molecule is CCN(CC)c1cc(C(C)=O)cc(N(O)C#N)c1OC. The molecule has 0 fully saturated rings. The Morgan fingerprint density at radius 2 is 1.90 bits per heavy atom. The van der Waals surface area contributed by atoms with Gasteiger partial charge in [0.15, 0.2) is 11.5 Å². The summed E-state index contributed by atoms with van der Waals surface area (Å²) >= 11 is 0. The Labute approximate surface area is 118 Å². The fourth-order valence-corrected chi connectivity index (χ4v) is 2.02. The van der Waals surface area contributed by atoms with Gasteiger partial charge in [-0.15, -0.1) is 0 Å². The van der Waals surface area contributed by atoms with Gasteiger partial charge >= 0.3 is 0 Å². The van der Waals surface area contributed by atoms with E-state index in [-0.39, 0.29) is 11.5 Å². The average molecular weight is 277 g/mol. The van der Waals surface area contributed by atoms with Crippen LogP contribution < -0.4 is 14.7 Å². The van der Waals surface area contributed by atoms with Crippen LogP contribution in [-0.4, -0.2) is 31.2 Å². The Hall–Kier alpha value is -2.26. The van der Waals surface area contributed by atoms with E-state index in [4.69, 9.17) is 10.00 Å². The van der Waals surface area contributed by atoms with Crippen molar-refractivity contribution in [3.63, 3.8) is 0 Å². The number of ether oxygens (including phenoxy) is 1. The Bertz CT molecular complexity index is 533. The molecule has 0 radical (unpaired) electrons. The molecule has 20 heavy (non-hydrogen) atoms. The Morgan fingerprint density at radius 3 is 2.30 bits per heavy atom. The van der Waals surface area contributed by atoms with Crippen molar-refractivity contribution in [2.24, 2.45) is 0 Å². The maximum absolute atomic E-state index is 11.6. The van der Waals surface area contributed by atoms with Gasteiger partial charge < -0.3 is 9.64 Å². The highest BCUT2D eigenvalue weighted by molar-refractivity contribution is 5.97. The van der Waals surface area contributed by atoms with Crippen LogP contribution in [0.15, 0.2) is 12.1 Å². The van der Waals surface area contributed by atoms with Crippen LogP contribution in [0.25, 0.3) is 0 Å². The second-order valence-electron chi connectivity index (χ2n) is 4.19. The molecule has 108 valence electrons. The van der Waals surface area contributed by atoms with Crippen molar-refractivity contribution in [2.75, 3.05) is 30.2 Å². The van der Waals surface area contributed by atoms with E-state index in [2.05, 4.69) is 0 Å². The predicted octanol–water partition coefficient (Wildman–Crippen LogP) is 2.42. The van der Waals surface area contributed by atoms with Crippen molar-refractivity contribution in [2.45, 2.75) is 20.8 Å². The number of nitrogens with zero attached hydrogens (tertiary/aromatic N) is 3. The second-order valence-corrected chi connectivity index (χ2v) is 4.19. The van der Waals surface area contributed by atoms with Gasteiger partial charge in [0.2, 0.25) is 6.19 Å². The number of hydrogen-bond donors (Lipinski definition) is 1. The zero-order chi connectivity index (χ0) is 15.3. The summed E-state index contributed by atoms with van der Waals surface area (Å²) in [6, 6.07) is 3.15. The summed E-state index contributed by atoms with van der Waals surface area (Å²) in [6.45, 7) is 6.82. The van der Waals surface area contributed by atoms with Crippen molar-refractivity contribution >= 4 is 17.2 Å². The lowest BCUT2D eigenvalue weighted by molar-refractivity contribution is 0.101. The van der Waals surface area contributed by atoms with E-state index in [0.29, 0.717) is 35.2 Å². The van der Waals surface area contributed by atoms with Gasteiger partial charge in [-0.2, -0.15) is 10.3 Å². The van der Waals surface area contributed by atoms with E-state index in [1.165, 1.54) is 20.1 Å². The van der Waals surface area contributed by atoms with E-state index >= 15 is 0 Å². The van der Waals surface area contributed by atoms with E-state index < -0.39 is 0 Å². The molecule has 1 aromatic rings. The molecule has 0 saturated carbocycles. The maximum atomic E-state index is 11.6. The summed E-state index contributed by atoms with van der Waals surface area (Å²) in [7, 11) is 1.46. The molecule has 6 nitrogen and oxygen atoms in total. The minimum Gasteiger partial charge on any atom is -0.492 e. The van der Waals surface area contributed by atoms with Gasteiger partial charge in [0.1, 0.15) is 5.69 Å². The largest absolute Gasteiger partial charge is 0.492 e. The molecule has 0 unspecified atom stereocenters. The minimum absolute atomic E-state index is 0.145. The zero-order valence-electron chi connectivity index (χ0n) is 12.2. The number of carbonyl (C=O) groups is 1. The first-order valence-corrected chi connectivity index (χ1v) is 6.36. The van der Waals surface area contributed by atoms with Gasteiger partial charge in [0, 0.05) is 18.7 Å². The highest BCUT2D eigenvalue weighted by Crippen LogP contribution is 2.39. The maximum Gasteiger partial charge on any atom is 0.210 e. The quantitative estimate of drug-likeness (QED) is 0.372. The molecule has 0 aromatic heterocycles. The highest BCUT2D eigenvalue weighted by Gasteiger charge is 2.20. The van der Waals surface area contributed by atoms with Crippen LogP contribution in [0.4, 0.5) is 11.4 Å². The molecule has 0 spiro atoms. The molecule has 0 atom stereocenters. The van der Waals surface area contributed by atoms with Crippen molar-refractivity contribution < 1.29 is 14.7 Å². The van der Waals surface area contributed by atoms with Gasteiger partial charge in [0.25, 0.3) is 0 Å². The number of rotatable bonds is 6. The molecular formula is C14H19N3O3. The average Bonchev–Trinajstić information content (AvgIpc) is 2.46. The van der Waals surface area contributed by atoms with Crippen LogP contribution in [0.3, 0.4) is 0 Å². The first kappa shape index (κ1) is 15.8. The number of nitriles is 1. The van der Waals surface area contributed by atoms with E-state index in [9.17, 15) is 10.0 Å². The number of methoxy groups -OCH3 is 1. The third kappa shape index (κ3) is 3.00. The van der Waals surface area contributed by atoms with Crippen molar-refractivity contribution in [1.29, 1.82) is 5.26 Å². The van der Waals surface area contributed by atoms with Crippen LogP contribution in [0.1, 0.15) is 31.1 Å². The smallest absolute Gasteiger partial charge is 0.210 e. The molecular weight excluding hydrogens is 258 g/mol. The molecule has 1 rings (SSSR count). The van der Waals surface area contributed by atoms with Crippen LogP contribution in [0.2, 0.25) is 0 Å². The van der Waals surface area contributed by atoms with Crippen LogP contribution in [0, 0.1) is 11.5 Å². The van der Waals surface area contributed by atoms with Gasteiger partial charge in [-0.1, -0.05) is 0 Å². The summed E-state index contributed by atoms with van der Waals surface area (Å²) in [6.07, 6.45) is 1.60. The molecule has 0 aliphatic rings. The predicted molar refractivity (Wildman–Crippen MR) is 76.4 cm³/mol. The number of carbonyl (C=O) groups excluding carboxylic acids is 1. The molecule has 0 aliphatic heterocycles. The number of hydrogen-bond acceptors (Lipinski definition) is 6. The van der Waals surface area contributed by atoms with Crippen molar-refractivity contribution in [3.8, 4) is 11.9 Å². The van der Waals surface area contributed by atoms with Crippen LogP contribution in [0.5, 0.6) is 5.75 Å². The summed E-state index contributed by atoms with van der Waals surface area (Å²) < 4.78 is 5.31. The van der Waals surface area contributed by atoms with Gasteiger partial charge in [0.05, 0.1) is 12.8 Å². The summed E-state index contributed by atoms with van der Waals surface area (Å²) in [5, 5.41) is 18.9. The monoisotopic (exact) mass is 277 g/mol. The molecule has 0 aliphatic carbocycles. The van der Waals surface area contributed by atoms with E-state index in [1.54, 1.807) is 12.3 Å².